The number of rotatable bonds is 6. The van der Waals surface area contributed by atoms with Crippen molar-refractivity contribution < 1.29 is 4.42 Å². The molecule has 258 valence electrons. The van der Waals surface area contributed by atoms with Gasteiger partial charge in [-0.25, -0.2) is 4.98 Å². The van der Waals surface area contributed by atoms with Gasteiger partial charge in [0, 0.05) is 38.8 Å². The van der Waals surface area contributed by atoms with Crippen molar-refractivity contribution >= 4 is 71.5 Å². The lowest BCUT2D eigenvalue weighted by molar-refractivity contribution is 0.623. The minimum absolute atomic E-state index is 0.625. The highest BCUT2D eigenvalue weighted by Gasteiger charge is 2.22. The molecule has 9 aromatic carbocycles. The molecule has 0 unspecified atom stereocenters. The van der Waals surface area contributed by atoms with Gasteiger partial charge in [0.2, 0.25) is 5.89 Å². The van der Waals surface area contributed by atoms with Crippen LogP contribution in [0.15, 0.2) is 205 Å². The predicted octanol–water partition coefficient (Wildman–Crippen LogP) is 14.0. The molecule has 0 aliphatic rings. The van der Waals surface area contributed by atoms with Crippen LogP contribution in [0, 0.1) is 0 Å². The lowest BCUT2D eigenvalue weighted by atomic mass is 9.99. The van der Waals surface area contributed by atoms with E-state index < -0.39 is 0 Å². The quantitative estimate of drug-likeness (QED) is 0.162. The first kappa shape index (κ1) is 31.1. The summed E-state index contributed by atoms with van der Waals surface area (Å²) in [6, 6.07) is 71.1. The zero-order valence-corrected chi connectivity index (χ0v) is 29.8. The Labute approximate surface area is 317 Å². The minimum Gasteiger partial charge on any atom is -0.435 e. The van der Waals surface area contributed by atoms with E-state index in [-0.39, 0.29) is 0 Å². The molecule has 0 amide bonds. The summed E-state index contributed by atoms with van der Waals surface area (Å²) in [6.45, 7) is 0. The summed E-state index contributed by atoms with van der Waals surface area (Å²) in [6.07, 6.45) is 0. The third-order valence-corrected chi connectivity index (χ3v) is 10.8. The topological polar surface area (TPSA) is 34.2 Å². The smallest absolute Gasteiger partial charge is 0.227 e. The Morgan fingerprint density at radius 3 is 1.93 bits per heavy atom. The van der Waals surface area contributed by atoms with Crippen LogP contribution in [0.5, 0.6) is 0 Å². The first-order chi connectivity index (χ1) is 27.3. The fourth-order valence-corrected chi connectivity index (χ4v) is 8.28. The van der Waals surface area contributed by atoms with E-state index in [1.165, 1.54) is 21.9 Å². The van der Waals surface area contributed by atoms with Gasteiger partial charge < -0.3 is 13.9 Å². The molecule has 0 atom stereocenters. The van der Waals surface area contributed by atoms with Crippen LogP contribution >= 0.6 is 0 Å². The monoisotopic (exact) mass is 703 g/mol. The first-order valence-electron chi connectivity index (χ1n) is 18.6. The van der Waals surface area contributed by atoms with Gasteiger partial charge in [0.25, 0.3) is 0 Å². The second-order valence-electron chi connectivity index (χ2n) is 14.0. The molecule has 2 heterocycles. The Balaban J connectivity index is 1.16. The number of oxazole rings is 1. The van der Waals surface area contributed by atoms with E-state index in [1.54, 1.807) is 0 Å². The Bertz CT molecular complexity index is 3200. The van der Waals surface area contributed by atoms with E-state index in [1.807, 2.05) is 30.3 Å². The molecule has 55 heavy (non-hydrogen) atoms. The summed E-state index contributed by atoms with van der Waals surface area (Å²) in [5.41, 5.74) is 11.7. The van der Waals surface area contributed by atoms with Crippen LogP contribution in [-0.2, 0) is 0 Å². The lowest BCUT2D eigenvalue weighted by Crippen LogP contribution is -2.10. The highest BCUT2D eigenvalue weighted by Crippen LogP contribution is 2.45. The van der Waals surface area contributed by atoms with Crippen LogP contribution in [-0.4, -0.2) is 9.55 Å². The number of nitrogens with zero attached hydrogens (tertiary/aromatic N) is 3. The fourth-order valence-electron chi connectivity index (χ4n) is 8.28. The summed E-state index contributed by atoms with van der Waals surface area (Å²) in [4.78, 5) is 7.32. The van der Waals surface area contributed by atoms with Gasteiger partial charge in [-0.2, -0.15) is 0 Å². The molecule has 0 fully saturated rings. The number of aromatic nitrogens is 2. The zero-order chi connectivity index (χ0) is 36.3. The van der Waals surface area contributed by atoms with Crippen LogP contribution in [0.1, 0.15) is 0 Å². The van der Waals surface area contributed by atoms with Crippen molar-refractivity contribution in [2.24, 2.45) is 0 Å². The summed E-state index contributed by atoms with van der Waals surface area (Å²) in [5, 5.41) is 6.82. The second kappa shape index (κ2) is 12.6. The van der Waals surface area contributed by atoms with Crippen LogP contribution in [0.4, 0.5) is 17.1 Å². The number of fused-ring (bicyclic) bond motifs is 8. The van der Waals surface area contributed by atoms with Gasteiger partial charge >= 0.3 is 0 Å². The third kappa shape index (κ3) is 5.11. The second-order valence-corrected chi connectivity index (χ2v) is 14.0. The van der Waals surface area contributed by atoms with E-state index >= 15 is 0 Å². The molecule has 0 aliphatic carbocycles. The summed E-state index contributed by atoms with van der Waals surface area (Å²) < 4.78 is 9.01. The lowest BCUT2D eigenvalue weighted by Gasteiger charge is -2.27. The van der Waals surface area contributed by atoms with Gasteiger partial charge in [0.05, 0.1) is 16.7 Å². The van der Waals surface area contributed by atoms with E-state index in [2.05, 4.69) is 179 Å². The highest BCUT2D eigenvalue weighted by atomic mass is 16.3. The summed E-state index contributed by atoms with van der Waals surface area (Å²) in [5.74, 6) is 0.625. The molecule has 0 bridgehead atoms. The van der Waals surface area contributed by atoms with Gasteiger partial charge in [-0.1, -0.05) is 127 Å². The molecule has 11 rings (SSSR count). The molecular formula is C51H33N3O. The Morgan fingerprint density at radius 2 is 1.09 bits per heavy atom. The van der Waals surface area contributed by atoms with E-state index in [4.69, 9.17) is 9.40 Å². The average Bonchev–Trinajstić information content (AvgIpc) is 3.85. The number of anilines is 3. The van der Waals surface area contributed by atoms with E-state index in [9.17, 15) is 0 Å². The van der Waals surface area contributed by atoms with Gasteiger partial charge in [-0.3, -0.25) is 0 Å². The van der Waals surface area contributed by atoms with Crippen molar-refractivity contribution in [3.8, 4) is 28.3 Å². The maximum absolute atomic E-state index is 6.60. The minimum atomic E-state index is 0.625. The molecule has 2 aromatic heterocycles. The Kier molecular flexibility index (Phi) is 7.14. The molecular weight excluding hydrogens is 671 g/mol. The number of benzene rings is 9. The molecule has 0 radical (unpaired) electrons. The standard InChI is InChI=1S/C51H33N3O/c1-4-14-34(15-5-1)38-18-12-21-40(32-38)54-45-23-11-10-22-42(45)49-46(24-13-25-47(49)54)53(39-19-8-3-9-20-39)41-30-28-35-26-27-36-29-31-44-50(48(36)43(35)33-41)55-51(52-44)37-16-6-2-7-17-37/h1-33H. The molecule has 4 nitrogen and oxygen atoms in total. The molecule has 0 saturated heterocycles. The maximum atomic E-state index is 6.60. The highest BCUT2D eigenvalue weighted by molar-refractivity contribution is 6.20. The van der Waals surface area contributed by atoms with Gasteiger partial charge in [0.1, 0.15) is 5.52 Å². The predicted molar refractivity (Wildman–Crippen MR) is 229 cm³/mol. The van der Waals surface area contributed by atoms with Gasteiger partial charge in [-0.15, -0.1) is 0 Å². The molecule has 0 spiro atoms. The summed E-state index contributed by atoms with van der Waals surface area (Å²) in [7, 11) is 0. The van der Waals surface area contributed by atoms with Gasteiger partial charge in [-0.05, 0) is 100 Å². The molecule has 0 N–H and O–H groups in total. The SMILES string of the molecule is c1ccc(-c2cccc(-n3c4ccccc4c4c(N(c5ccccc5)c5ccc6ccc7ccc8nc(-c9ccccc9)oc8c7c6c5)cccc43)c2)cc1. The fraction of sp³-hybridized carbons (Fsp3) is 0. The van der Waals surface area contributed by atoms with Crippen molar-refractivity contribution in [1.82, 2.24) is 9.55 Å². The number of hydrogen-bond acceptors (Lipinski definition) is 3. The zero-order valence-electron chi connectivity index (χ0n) is 29.8. The maximum Gasteiger partial charge on any atom is 0.227 e. The van der Waals surface area contributed by atoms with E-state index in [0.29, 0.717) is 5.89 Å². The van der Waals surface area contributed by atoms with Crippen LogP contribution < -0.4 is 4.90 Å². The van der Waals surface area contributed by atoms with Crippen molar-refractivity contribution in [2.75, 3.05) is 4.90 Å². The van der Waals surface area contributed by atoms with Gasteiger partial charge in [0.15, 0.2) is 5.58 Å². The molecule has 0 aliphatic heterocycles. The average molecular weight is 704 g/mol. The Hall–Kier alpha value is -7.43. The summed E-state index contributed by atoms with van der Waals surface area (Å²) >= 11 is 0. The molecule has 11 aromatic rings. The van der Waals surface area contributed by atoms with Crippen molar-refractivity contribution in [1.29, 1.82) is 0 Å². The van der Waals surface area contributed by atoms with Crippen molar-refractivity contribution in [3.05, 3.63) is 200 Å². The number of para-hydroxylation sites is 2. The van der Waals surface area contributed by atoms with Crippen LogP contribution in [0.2, 0.25) is 0 Å². The van der Waals surface area contributed by atoms with Crippen molar-refractivity contribution in [2.45, 2.75) is 0 Å². The molecule has 4 heteroatoms. The van der Waals surface area contributed by atoms with Crippen LogP contribution in [0.25, 0.3) is 82.7 Å². The Morgan fingerprint density at radius 1 is 0.436 bits per heavy atom. The van der Waals surface area contributed by atoms with Crippen molar-refractivity contribution in [3.63, 3.8) is 0 Å². The molecule has 0 saturated carbocycles. The first-order valence-corrected chi connectivity index (χ1v) is 18.6. The largest absolute Gasteiger partial charge is 0.435 e. The van der Waals surface area contributed by atoms with E-state index in [0.717, 1.165) is 72.0 Å². The normalized spacial score (nSPS) is 11.6. The third-order valence-electron chi connectivity index (χ3n) is 10.8. The van der Waals surface area contributed by atoms with Crippen LogP contribution in [0.3, 0.4) is 0 Å². The number of hydrogen-bond donors (Lipinski definition) is 0.